The molecule has 0 saturated carbocycles. The Morgan fingerprint density at radius 2 is 2.21 bits per heavy atom. The van der Waals surface area contributed by atoms with Crippen molar-refractivity contribution < 1.29 is 9.13 Å². The Balaban J connectivity index is 1.32. The summed E-state index contributed by atoms with van der Waals surface area (Å²) in [6.45, 7) is 0. The number of hydrogen-bond donors (Lipinski definition) is 2. The molecule has 29 heavy (non-hydrogen) atoms. The third kappa shape index (κ3) is 3.51. The second-order valence-electron chi connectivity index (χ2n) is 7.43. The number of nitrogens with zero attached hydrogens (tertiary/aromatic N) is 5. The van der Waals surface area contributed by atoms with Crippen molar-refractivity contribution in [1.29, 1.82) is 0 Å². The van der Waals surface area contributed by atoms with E-state index in [9.17, 15) is 9.18 Å². The van der Waals surface area contributed by atoms with Crippen molar-refractivity contribution in [2.75, 3.05) is 0 Å². The molecule has 9 nitrogen and oxygen atoms in total. The monoisotopic (exact) mass is 397 g/mol. The van der Waals surface area contributed by atoms with Gasteiger partial charge in [-0.25, -0.2) is 14.4 Å². The standard InChI is InChI=1S/C19H20FN7O2/c20-18-13-3-1-2-11(24-13)6-16(18)29-19-23-9-14(25-26-19)12-8-22-17(7-15(12)28)27-5-4-21-10-27/h4-5,7-11,13,16,18,24H,1-3,6H2,(H,22,28)/t11?,13?,16-,18-/m1/s1. The molecular weight excluding hydrogens is 377 g/mol. The topological polar surface area (TPSA) is 111 Å². The first-order valence-corrected chi connectivity index (χ1v) is 9.65. The lowest BCUT2D eigenvalue weighted by atomic mass is 9.84. The van der Waals surface area contributed by atoms with Crippen molar-refractivity contribution in [3.8, 4) is 23.1 Å². The minimum atomic E-state index is -1.10. The lowest BCUT2D eigenvalue weighted by Crippen LogP contribution is -2.59. The van der Waals surface area contributed by atoms with E-state index >= 15 is 0 Å². The zero-order valence-corrected chi connectivity index (χ0v) is 15.5. The summed E-state index contributed by atoms with van der Waals surface area (Å²) in [5, 5.41) is 11.3. The number of ether oxygens (including phenoxy) is 1. The number of piperidine rings is 2. The quantitative estimate of drug-likeness (QED) is 0.685. The van der Waals surface area contributed by atoms with Crippen molar-refractivity contribution in [3.63, 3.8) is 0 Å². The third-order valence-corrected chi connectivity index (χ3v) is 5.53. The van der Waals surface area contributed by atoms with Gasteiger partial charge in [0, 0.05) is 43.2 Å². The van der Waals surface area contributed by atoms with Crippen molar-refractivity contribution >= 4 is 0 Å². The summed E-state index contributed by atoms with van der Waals surface area (Å²) in [6, 6.07) is 1.57. The van der Waals surface area contributed by atoms with Crippen LogP contribution >= 0.6 is 0 Å². The number of imidazole rings is 1. The minimum Gasteiger partial charge on any atom is -0.456 e. The smallest absolute Gasteiger partial charge is 0.336 e. The second kappa shape index (κ2) is 7.36. The van der Waals surface area contributed by atoms with E-state index in [1.807, 2.05) is 0 Å². The number of fused-ring (bicyclic) bond motifs is 2. The average molecular weight is 397 g/mol. The third-order valence-electron chi connectivity index (χ3n) is 5.53. The predicted molar refractivity (Wildman–Crippen MR) is 101 cm³/mol. The zero-order valence-electron chi connectivity index (χ0n) is 15.5. The number of nitrogens with one attached hydrogen (secondary N) is 2. The van der Waals surface area contributed by atoms with Gasteiger partial charge in [-0.2, -0.15) is 0 Å². The average Bonchev–Trinajstić information content (AvgIpc) is 3.28. The van der Waals surface area contributed by atoms with E-state index in [4.69, 9.17) is 4.74 Å². The van der Waals surface area contributed by atoms with E-state index in [-0.39, 0.29) is 23.5 Å². The molecule has 3 aromatic rings. The molecule has 2 N–H and O–H groups in total. The van der Waals surface area contributed by atoms with Crippen LogP contribution in [0, 0.1) is 0 Å². The highest BCUT2D eigenvalue weighted by Gasteiger charge is 2.41. The van der Waals surface area contributed by atoms with Gasteiger partial charge in [-0.05, 0) is 12.8 Å². The lowest BCUT2D eigenvalue weighted by Gasteiger charge is -2.42. The van der Waals surface area contributed by atoms with Crippen LogP contribution in [-0.4, -0.2) is 54.1 Å². The second-order valence-corrected chi connectivity index (χ2v) is 7.43. The van der Waals surface area contributed by atoms with Crippen molar-refractivity contribution in [3.05, 3.63) is 47.4 Å². The zero-order chi connectivity index (χ0) is 19.8. The largest absolute Gasteiger partial charge is 0.456 e. The van der Waals surface area contributed by atoms with Gasteiger partial charge in [0.05, 0.1) is 11.8 Å². The molecule has 0 spiro atoms. The molecule has 0 amide bonds. The molecular formula is C19H20FN7O2. The van der Waals surface area contributed by atoms with E-state index < -0.39 is 12.3 Å². The molecule has 5 rings (SSSR count). The maximum Gasteiger partial charge on any atom is 0.336 e. The van der Waals surface area contributed by atoms with Crippen LogP contribution in [0.1, 0.15) is 25.7 Å². The van der Waals surface area contributed by atoms with Crippen LogP contribution in [0.5, 0.6) is 6.01 Å². The van der Waals surface area contributed by atoms with Crippen LogP contribution in [0.15, 0.2) is 42.0 Å². The number of hydrogen-bond acceptors (Lipinski definition) is 7. The molecule has 2 aliphatic rings. The summed E-state index contributed by atoms with van der Waals surface area (Å²) in [7, 11) is 0. The maximum atomic E-state index is 14.6. The van der Waals surface area contributed by atoms with Gasteiger partial charge in [-0.3, -0.25) is 9.36 Å². The van der Waals surface area contributed by atoms with Gasteiger partial charge in [0.2, 0.25) is 0 Å². The fraction of sp³-hybridized carbons (Fsp3) is 0.421. The summed E-state index contributed by atoms with van der Waals surface area (Å²) < 4.78 is 22.0. The normalized spacial score (nSPS) is 26.2. The molecule has 0 aromatic carbocycles. The van der Waals surface area contributed by atoms with Crippen LogP contribution < -0.4 is 15.5 Å². The van der Waals surface area contributed by atoms with Gasteiger partial charge in [0.25, 0.3) is 0 Å². The van der Waals surface area contributed by atoms with Gasteiger partial charge in [0.1, 0.15) is 23.9 Å². The van der Waals surface area contributed by atoms with Crippen LogP contribution in [0.2, 0.25) is 0 Å². The van der Waals surface area contributed by atoms with Crippen LogP contribution in [-0.2, 0) is 0 Å². The number of rotatable bonds is 4. The maximum absolute atomic E-state index is 14.6. The molecule has 3 aromatic heterocycles. The summed E-state index contributed by atoms with van der Waals surface area (Å²) in [5.41, 5.74) is 0.419. The van der Waals surface area contributed by atoms with E-state index in [0.29, 0.717) is 23.5 Å². The molecule has 150 valence electrons. The Morgan fingerprint density at radius 3 is 2.97 bits per heavy atom. The first-order valence-electron chi connectivity index (χ1n) is 9.65. The minimum absolute atomic E-state index is 0.0211. The molecule has 0 radical (unpaired) electrons. The predicted octanol–water partition coefficient (Wildman–Crippen LogP) is 1.41. The Hall–Kier alpha value is -3.14. The van der Waals surface area contributed by atoms with E-state index in [1.165, 1.54) is 12.3 Å². The number of H-pyrrole nitrogens is 1. The molecule has 4 atom stereocenters. The fourth-order valence-corrected chi connectivity index (χ4v) is 4.06. The van der Waals surface area contributed by atoms with E-state index in [2.05, 4.69) is 30.5 Å². The van der Waals surface area contributed by atoms with Gasteiger partial charge in [0.15, 0.2) is 11.6 Å². The molecule has 0 aliphatic carbocycles. The van der Waals surface area contributed by atoms with Crippen molar-refractivity contribution in [2.24, 2.45) is 0 Å². The molecule has 2 bridgehead atoms. The SMILES string of the molecule is O=c1cc(-n2ccnc2)[nH]cc1-c1cnc(O[C@@H]2CC3CCCC(N3)[C@H]2F)nn1. The van der Waals surface area contributed by atoms with Gasteiger partial charge in [-0.1, -0.05) is 11.5 Å². The lowest BCUT2D eigenvalue weighted by molar-refractivity contribution is 0.00387. The van der Waals surface area contributed by atoms with Crippen molar-refractivity contribution in [2.45, 2.75) is 50.0 Å². The fourth-order valence-electron chi connectivity index (χ4n) is 4.06. The van der Waals surface area contributed by atoms with Gasteiger partial charge >= 0.3 is 6.01 Å². The highest BCUT2D eigenvalue weighted by Crippen LogP contribution is 2.30. The molecule has 5 heterocycles. The number of aromatic nitrogens is 6. The molecule has 2 saturated heterocycles. The first kappa shape index (κ1) is 17.9. The summed E-state index contributed by atoms with van der Waals surface area (Å²) in [4.78, 5) is 23.6. The Labute approximate surface area is 165 Å². The number of pyridine rings is 1. The summed E-state index contributed by atoms with van der Waals surface area (Å²) in [5.74, 6) is 0.586. The van der Waals surface area contributed by atoms with Crippen molar-refractivity contribution in [1.82, 2.24) is 35.0 Å². The molecule has 10 heteroatoms. The number of aromatic amines is 1. The highest BCUT2D eigenvalue weighted by molar-refractivity contribution is 5.57. The Kier molecular flexibility index (Phi) is 4.55. The van der Waals surface area contributed by atoms with E-state index in [0.717, 1.165) is 19.3 Å². The number of halogens is 1. The number of alkyl halides is 1. The molecule has 2 fully saturated rings. The Morgan fingerprint density at radius 1 is 1.28 bits per heavy atom. The Bertz CT molecular complexity index is 1040. The van der Waals surface area contributed by atoms with Gasteiger partial charge < -0.3 is 15.0 Å². The van der Waals surface area contributed by atoms with Gasteiger partial charge in [-0.15, -0.1) is 5.10 Å². The first-order chi connectivity index (χ1) is 14.2. The van der Waals surface area contributed by atoms with E-state index in [1.54, 1.807) is 29.5 Å². The molecule has 2 unspecified atom stereocenters. The summed E-state index contributed by atoms with van der Waals surface area (Å²) in [6.07, 6.45) is 9.68. The highest BCUT2D eigenvalue weighted by atomic mass is 19.1. The molecule has 2 aliphatic heterocycles. The summed E-state index contributed by atoms with van der Waals surface area (Å²) >= 11 is 0. The van der Waals surface area contributed by atoms with Crippen LogP contribution in [0.4, 0.5) is 4.39 Å². The van der Waals surface area contributed by atoms with Crippen LogP contribution in [0.3, 0.4) is 0 Å². The van der Waals surface area contributed by atoms with Crippen LogP contribution in [0.25, 0.3) is 17.1 Å².